The molecule has 0 amide bonds. The number of hydrogen-bond acceptors (Lipinski definition) is 3. The summed E-state index contributed by atoms with van der Waals surface area (Å²) in [5.41, 5.74) is 6.35. The van der Waals surface area contributed by atoms with Crippen LogP contribution in [0.2, 0.25) is 0 Å². The number of aromatic nitrogens is 2. The Labute approximate surface area is 206 Å². The third-order valence-corrected chi connectivity index (χ3v) is 8.70. The molecule has 2 aromatic rings. The summed E-state index contributed by atoms with van der Waals surface area (Å²) < 4.78 is 2.64. The van der Waals surface area contributed by atoms with Crippen molar-refractivity contribution in [3.05, 3.63) is 71.5 Å². The molecular formula is C25H28N4W2. The van der Waals surface area contributed by atoms with E-state index in [2.05, 4.69) is 71.7 Å². The molecule has 2 aliphatic heterocycles. The molecule has 160 valence electrons. The molecule has 4 nitrogen and oxygen atoms in total. The summed E-state index contributed by atoms with van der Waals surface area (Å²) in [5, 5.41) is 3.56. The van der Waals surface area contributed by atoms with Gasteiger partial charge in [0.2, 0.25) is 0 Å². The van der Waals surface area contributed by atoms with E-state index < -0.39 is 0 Å². The Balaban J connectivity index is 1.35. The Morgan fingerprint density at radius 2 is 1.97 bits per heavy atom. The van der Waals surface area contributed by atoms with Crippen molar-refractivity contribution in [2.75, 3.05) is 6.54 Å². The van der Waals surface area contributed by atoms with Crippen LogP contribution in [0.5, 0.6) is 0 Å². The molecule has 1 aromatic carbocycles. The van der Waals surface area contributed by atoms with E-state index in [0.717, 1.165) is 30.9 Å². The van der Waals surface area contributed by atoms with E-state index in [9.17, 15) is 0 Å². The molecule has 6 heteroatoms. The fourth-order valence-electron chi connectivity index (χ4n) is 3.90. The first-order chi connectivity index (χ1) is 15.0. The molecule has 0 spiro atoms. The van der Waals surface area contributed by atoms with Gasteiger partial charge in [-0.25, -0.2) is 0 Å². The molecule has 31 heavy (non-hydrogen) atoms. The molecule has 4 rings (SSSR count). The second kappa shape index (κ2) is 10.5. The number of nitrogens with one attached hydrogen (secondary N) is 2. The maximum absolute atomic E-state index is 4.70. The Morgan fingerprint density at radius 3 is 2.68 bits per heavy atom. The molecule has 0 saturated carbocycles. The van der Waals surface area contributed by atoms with Crippen LogP contribution >= 0.6 is 0 Å². The normalized spacial score (nSPS) is 19.5. The zero-order chi connectivity index (χ0) is 21.8. The third kappa shape index (κ3) is 5.53. The average Bonchev–Trinajstić information content (AvgIpc) is 3.57. The predicted octanol–water partition coefficient (Wildman–Crippen LogP) is 4.25. The fourth-order valence-corrected chi connectivity index (χ4v) is 5.25. The summed E-state index contributed by atoms with van der Waals surface area (Å²) in [6, 6.07) is 9.46. The summed E-state index contributed by atoms with van der Waals surface area (Å²) >= 11 is 2.93. The molecule has 1 fully saturated rings. The van der Waals surface area contributed by atoms with Gasteiger partial charge in [-0.15, -0.1) is 0 Å². The number of imidazole rings is 1. The molecular weight excluding hydrogens is 724 g/mol. The van der Waals surface area contributed by atoms with Crippen molar-refractivity contribution in [1.29, 1.82) is 0 Å². The van der Waals surface area contributed by atoms with Crippen LogP contribution in [0.3, 0.4) is 0 Å². The number of aliphatic imine (C=N–C) groups is 1. The van der Waals surface area contributed by atoms with Gasteiger partial charge in [0.15, 0.2) is 0 Å². The van der Waals surface area contributed by atoms with Crippen molar-refractivity contribution in [3.8, 4) is 0 Å². The minimum atomic E-state index is 0.475. The minimum absolute atomic E-state index is 0.475. The Kier molecular flexibility index (Phi) is 7.75. The van der Waals surface area contributed by atoms with Gasteiger partial charge in [0.05, 0.1) is 0 Å². The topological polar surface area (TPSA) is 53.1 Å². The molecule has 0 bridgehead atoms. The van der Waals surface area contributed by atoms with Gasteiger partial charge in [-0.1, -0.05) is 0 Å². The monoisotopic (exact) mass is 752 g/mol. The zero-order valence-electron chi connectivity index (χ0n) is 18.0. The summed E-state index contributed by atoms with van der Waals surface area (Å²) in [7, 11) is 0. The predicted molar refractivity (Wildman–Crippen MR) is 122 cm³/mol. The van der Waals surface area contributed by atoms with E-state index in [-0.39, 0.29) is 0 Å². The van der Waals surface area contributed by atoms with Crippen molar-refractivity contribution in [2.45, 2.75) is 51.5 Å². The first-order valence-electron chi connectivity index (χ1n) is 11.0. The molecule has 1 saturated heterocycles. The number of rotatable bonds is 8. The number of hydrogen-bond donors (Lipinski definition) is 2. The van der Waals surface area contributed by atoms with Crippen LogP contribution in [0.15, 0.2) is 53.8 Å². The van der Waals surface area contributed by atoms with Crippen molar-refractivity contribution in [2.24, 2.45) is 4.99 Å². The summed E-state index contributed by atoms with van der Waals surface area (Å²) in [6.07, 6.45) is 13.1. The standard InChI is InChI=1S/C25H28N4.2W/c1-3-18(2)25-28-17-22(29-25)8-5-4-7-19-10-12-20(13-11-19)21-15-24(27-16-21)23-9-6-14-26-23;;/h4-5,10-13,16-18,23,26H,3,6,9,14-15H2,1-2H3,(H,28,29);;/b5-4-;;. The summed E-state index contributed by atoms with van der Waals surface area (Å²) in [4.78, 5) is 12.7. The van der Waals surface area contributed by atoms with Crippen LogP contribution < -0.4 is 5.32 Å². The SMILES string of the molecule is CCC(C)c1ncc([C](=[W])/C=C\[C](=[W])c2ccc(C3=CN=C(C4CCCN4)C3)cc2)[nH]1. The average molecular weight is 752 g/mol. The van der Waals surface area contributed by atoms with Crippen molar-refractivity contribution in [1.82, 2.24) is 15.3 Å². The number of H-pyrrole nitrogens is 1. The van der Waals surface area contributed by atoms with Crippen molar-refractivity contribution >= 4 is 19.1 Å². The van der Waals surface area contributed by atoms with E-state index in [0.29, 0.717) is 12.0 Å². The summed E-state index contributed by atoms with van der Waals surface area (Å²) in [6.45, 7) is 5.53. The summed E-state index contributed by atoms with van der Waals surface area (Å²) in [5.74, 6) is 1.56. The molecule has 3 heterocycles. The molecule has 2 atom stereocenters. The Morgan fingerprint density at radius 1 is 1.19 bits per heavy atom. The van der Waals surface area contributed by atoms with Gasteiger partial charge in [0, 0.05) is 0 Å². The molecule has 2 N–H and O–H groups in total. The fraction of sp³-hybridized carbons (Fsp3) is 0.360. The van der Waals surface area contributed by atoms with Gasteiger partial charge in [0.1, 0.15) is 0 Å². The quantitative estimate of drug-likeness (QED) is 0.425. The number of allylic oxidation sites excluding steroid dienone is 3. The first-order valence-corrected chi connectivity index (χ1v) is 13.9. The van der Waals surface area contributed by atoms with Crippen LogP contribution in [0.25, 0.3) is 5.57 Å². The van der Waals surface area contributed by atoms with Crippen LogP contribution in [0.1, 0.15) is 68.1 Å². The van der Waals surface area contributed by atoms with E-state index in [4.69, 9.17) is 4.99 Å². The third-order valence-electron chi connectivity index (χ3n) is 6.09. The van der Waals surface area contributed by atoms with Crippen LogP contribution in [0, 0.1) is 0 Å². The van der Waals surface area contributed by atoms with Crippen molar-refractivity contribution < 1.29 is 38.7 Å². The van der Waals surface area contributed by atoms with Crippen LogP contribution in [-0.4, -0.2) is 36.1 Å². The maximum atomic E-state index is 4.70. The molecule has 2 unspecified atom stereocenters. The van der Waals surface area contributed by atoms with Gasteiger partial charge < -0.3 is 0 Å². The number of benzene rings is 1. The van der Waals surface area contributed by atoms with E-state index in [1.807, 2.05) is 6.20 Å². The molecule has 0 aliphatic carbocycles. The second-order valence-corrected chi connectivity index (χ2v) is 11.4. The molecule has 0 radical (unpaired) electrons. The zero-order valence-corrected chi connectivity index (χ0v) is 23.9. The van der Waals surface area contributed by atoms with Crippen molar-refractivity contribution in [3.63, 3.8) is 0 Å². The molecule has 1 aromatic heterocycles. The van der Waals surface area contributed by atoms with Gasteiger partial charge in [-0.3, -0.25) is 0 Å². The van der Waals surface area contributed by atoms with E-state index in [1.165, 1.54) is 81.8 Å². The second-order valence-electron chi connectivity index (χ2n) is 8.23. The van der Waals surface area contributed by atoms with Crippen LogP contribution in [0.4, 0.5) is 0 Å². The number of aromatic amines is 1. The van der Waals surface area contributed by atoms with E-state index >= 15 is 0 Å². The molecule has 2 aliphatic rings. The number of nitrogens with zero attached hydrogens (tertiary/aromatic N) is 2. The Bertz CT molecular complexity index is 1050. The van der Waals surface area contributed by atoms with Crippen LogP contribution in [-0.2, 0) is 38.7 Å². The van der Waals surface area contributed by atoms with E-state index in [1.54, 1.807) is 0 Å². The van der Waals surface area contributed by atoms with Gasteiger partial charge in [0.25, 0.3) is 0 Å². The van der Waals surface area contributed by atoms with Gasteiger partial charge >= 0.3 is 208 Å². The van der Waals surface area contributed by atoms with Gasteiger partial charge in [-0.2, -0.15) is 0 Å². The van der Waals surface area contributed by atoms with Gasteiger partial charge in [-0.05, 0) is 0 Å². The Hall–Kier alpha value is -1.34. The first kappa shape index (κ1) is 22.8.